The summed E-state index contributed by atoms with van der Waals surface area (Å²) in [6.45, 7) is 7.84. The van der Waals surface area contributed by atoms with Crippen LogP contribution in [0.1, 0.15) is 24.4 Å². The molecule has 0 bridgehead atoms. The number of nitrogens with zero attached hydrogens (tertiary/aromatic N) is 6. The number of halogens is 2. The Hall–Kier alpha value is -4.52. The van der Waals surface area contributed by atoms with Gasteiger partial charge in [0.15, 0.2) is 5.65 Å². The molecule has 0 radical (unpaired) electrons. The van der Waals surface area contributed by atoms with E-state index in [4.69, 9.17) is 11.6 Å². The topological polar surface area (TPSA) is 86.7 Å². The summed E-state index contributed by atoms with van der Waals surface area (Å²) in [4.78, 5) is 17.8. The number of benzene rings is 2. The van der Waals surface area contributed by atoms with Gasteiger partial charge in [0, 0.05) is 18.3 Å². The van der Waals surface area contributed by atoms with Crippen molar-refractivity contribution in [1.82, 2.24) is 24.6 Å². The van der Waals surface area contributed by atoms with Gasteiger partial charge in [-0.1, -0.05) is 0 Å². The Morgan fingerprint density at radius 3 is 2.88 bits per heavy atom. The predicted octanol–water partition coefficient (Wildman–Crippen LogP) is 5.15. The van der Waals surface area contributed by atoms with Crippen LogP contribution in [0.3, 0.4) is 0 Å². The number of anilines is 1. The fourth-order valence-corrected chi connectivity index (χ4v) is 4.57. The zero-order valence-electron chi connectivity index (χ0n) is 17.7. The van der Waals surface area contributed by atoms with Crippen LogP contribution in [-0.2, 0) is 0 Å². The molecule has 2 aromatic carbocycles. The molecule has 10 heteroatoms. The summed E-state index contributed by atoms with van der Waals surface area (Å²) in [7, 11) is 0. The van der Waals surface area contributed by atoms with Crippen molar-refractivity contribution in [2.75, 3.05) is 11.4 Å². The largest absolute Gasteiger partial charge is 0.519 e. The zero-order chi connectivity index (χ0) is 23.4. The number of aromatic hydroxyl groups is 1. The Bertz CT molecular complexity index is 1620. The van der Waals surface area contributed by atoms with Crippen LogP contribution < -0.4 is 4.90 Å². The van der Waals surface area contributed by atoms with Crippen LogP contribution in [0.2, 0.25) is 0 Å². The van der Waals surface area contributed by atoms with Crippen LogP contribution in [0.4, 0.5) is 20.3 Å². The molecule has 0 amide bonds. The molecule has 1 saturated heterocycles. The van der Waals surface area contributed by atoms with Gasteiger partial charge in [0.2, 0.25) is 5.69 Å². The average Bonchev–Trinajstić information content (AvgIpc) is 3.57. The summed E-state index contributed by atoms with van der Waals surface area (Å²) in [5.41, 5.74) is 2.74. The SMILES string of the molecule is [C-]#[N+]c1cc2[nH]c(-c3cnn4ccc(N5CCC[C@@H]5c5cc(F)ccc5F)nc34)nc2cc1O. The number of phenolic OH excluding ortho intramolecular Hbond substituents is 1. The molecule has 6 rings (SSSR count). The first-order valence-electron chi connectivity index (χ1n) is 10.7. The molecule has 0 unspecified atom stereocenters. The second-order valence-electron chi connectivity index (χ2n) is 8.18. The number of hydrogen-bond donors (Lipinski definition) is 2. The molecule has 2 N–H and O–H groups in total. The maximum absolute atomic E-state index is 14.5. The Balaban J connectivity index is 1.43. The molecular formula is C24H17F2N7O. The number of phenols is 1. The van der Waals surface area contributed by atoms with Crippen LogP contribution in [0.15, 0.2) is 48.8 Å². The molecule has 0 saturated carbocycles. The number of fused-ring (bicyclic) bond motifs is 2. The number of rotatable bonds is 3. The molecule has 4 heterocycles. The summed E-state index contributed by atoms with van der Waals surface area (Å²) in [5, 5.41) is 14.3. The van der Waals surface area contributed by atoms with E-state index in [0.29, 0.717) is 52.4 Å². The lowest BCUT2D eigenvalue weighted by molar-refractivity contribution is 0.479. The summed E-state index contributed by atoms with van der Waals surface area (Å²) < 4.78 is 30.0. The van der Waals surface area contributed by atoms with E-state index in [1.165, 1.54) is 12.1 Å². The molecule has 0 spiro atoms. The number of aromatic amines is 1. The summed E-state index contributed by atoms with van der Waals surface area (Å²) >= 11 is 0. The predicted molar refractivity (Wildman–Crippen MR) is 122 cm³/mol. The van der Waals surface area contributed by atoms with Crippen LogP contribution in [0.5, 0.6) is 5.75 Å². The molecule has 1 aliphatic heterocycles. The summed E-state index contributed by atoms with van der Waals surface area (Å²) in [5.74, 6) is 0.0797. The number of imidazole rings is 1. The van der Waals surface area contributed by atoms with E-state index in [9.17, 15) is 13.9 Å². The van der Waals surface area contributed by atoms with Crippen molar-refractivity contribution in [3.8, 4) is 17.1 Å². The van der Waals surface area contributed by atoms with Crippen LogP contribution in [-0.4, -0.2) is 36.2 Å². The quantitative estimate of drug-likeness (QED) is 0.366. The smallest absolute Gasteiger partial charge is 0.230 e. The maximum Gasteiger partial charge on any atom is 0.230 e. The molecule has 0 aliphatic carbocycles. The van der Waals surface area contributed by atoms with Gasteiger partial charge in [-0.2, -0.15) is 5.10 Å². The Kier molecular flexibility index (Phi) is 4.45. The average molecular weight is 457 g/mol. The lowest BCUT2D eigenvalue weighted by Gasteiger charge is -2.26. The van der Waals surface area contributed by atoms with Crippen molar-refractivity contribution in [3.05, 3.63) is 77.4 Å². The van der Waals surface area contributed by atoms with E-state index in [0.717, 1.165) is 18.6 Å². The fourth-order valence-electron chi connectivity index (χ4n) is 4.57. The van der Waals surface area contributed by atoms with Crippen molar-refractivity contribution in [3.63, 3.8) is 0 Å². The van der Waals surface area contributed by atoms with Gasteiger partial charge in [0.1, 0.15) is 29.0 Å². The Morgan fingerprint density at radius 1 is 1.15 bits per heavy atom. The first-order valence-corrected chi connectivity index (χ1v) is 10.7. The van der Waals surface area contributed by atoms with Crippen LogP contribution >= 0.6 is 0 Å². The lowest BCUT2D eigenvalue weighted by atomic mass is 10.0. The second kappa shape index (κ2) is 7.52. The molecule has 1 aliphatic rings. The van der Waals surface area contributed by atoms with E-state index in [2.05, 4.69) is 19.9 Å². The first-order chi connectivity index (χ1) is 16.5. The molecule has 8 nitrogen and oxygen atoms in total. The van der Waals surface area contributed by atoms with Gasteiger partial charge in [-0.25, -0.2) is 28.1 Å². The van der Waals surface area contributed by atoms with Gasteiger partial charge in [-0.15, -0.1) is 0 Å². The maximum atomic E-state index is 14.5. The zero-order valence-corrected chi connectivity index (χ0v) is 17.7. The summed E-state index contributed by atoms with van der Waals surface area (Å²) in [6.07, 6.45) is 4.92. The lowest BCUT2D eigenvalue weighted by Crippen LogP contribution is -2.24. The minimum Gasteiger partial charge on any atom is -0.519 e. The van der Waals surface area contributed by atoms with E-state index in [-0.39, 0.29) is 17.5 Å². The molecular weight excluding hydrogens is 440 g/mol. The van der Waals surface area contributed by atoms with Crippen LogP contribution in [0, 0.1) is 18.2 Å². The summed E-state index contributed by atoms with van der Waals surface area (Å²) in [6, 6.07) is 8.00. The van der Waals surface area contributed by atoms with Crippen molar-refractivity contribution in [2.24, 2.45) is 0 Å². The fraction of sp³-hybridized carbons (Fsp3) is 0.167. The number of hydrogen-bond acceptors (Lipinski definition) is 5. The standard InChI is InChI=1S/C24H17F2N7O/c1-27-19-10-17-18(11-21(19)34)30-23(29-17)15-12-28-33-8-6-22(31-24(15)33)32-7-2-3-20(32)14-9-13(25)4-5-16(14)26/h4-6,8-12,20,34H,2-3,7H2,(H,29,30)/t20-/m1/s1. The van der Waals surface area contributed by atoms with E-state index < -0.39 is 11.6 Å². The molecule has 168 valence electrons. The normalized spacial score (nSPS) is 15.9. The molecule has 5 aromatic rings. The van der Waals surface area contributed by atoms with Gasteiger partial charge < -0.3 is 15.0 Å². The number of nitrogens with one attached hydrogen (secondary N) is 1. The van der Waals surface area contributed by atoms with Gasteiger partial charge in [0.25, 0.3) is 0 Å². The van der Waals surface area contributed by atoms with Crippen LogP contribution in [0.25, 0.3) is 32.9 Å². The van der Waals surface area contributed by atoms with Gasteiger partial charge in [-0.05, 0) is 49.2 Å². The molecule has 34 heavy (non-hydrogen) atoms. The van der Waals surface area contributed by atoms with Gasteiger partial charge in [-0.3, -0.25) is 0 Å². The van der Waals surface area contributed by atoms with Gasteiger partial charge >= 0.3 is 0 Å². The van der Waals surface area contributed by atoms with Crippen molar-refractivity contribution >= 4 is 28.2 Å². The van der Waals surface area contributed by atoms with Crippen molar-refractivity contribution in [1.29, 1.82) is 0 Å². The highest BCUT2D eigenvalue weighted by molar-refractivity contribution is 5.87. The molecule has 3 aromatic heterocycles. The van der Waals surface area contributed by atoms with E-state index in [1.807, 2.05) is 4.90 Å². The highest BCUT2D eigenvalue weighted by atomic mass is 19.1. The highest BCUT2D eigenvalue weighted by Crippen LogP contribution is 2.38. The first kappa shape index (κ1) is 20.1. The second-order valence-corrected chi connectivity index (χ2v) is 8.18. The number of aromatic nitrogens is 5. The number of H-pyrrole nitrogens is 1. The Morgan fingerprint density at radius 2 is 2.03 bits per heavy atom. The highest BCUT2D eigenvalue weighted by Gasteiger charge is 2.30. The minimum atomic E-state index is -0.470. The third kappa shape index (κ3) is 3.13. The third-order valence-corrected chi connectivity index (χ3v) is 6.17. The minimum absolute atomic E-state index is 0.132. The monoisotopic (exact) mass is 457 g/mol. The van der Waals surface area contributed by atoms with E-state index >= 15 is 0 Å². The molecule has 1 fully saturated rings. The van der Waals surface area contributed by atoms with E-state index in [1.54, 1.807) is 29.0 Å². The molecule has 1 atom stereocenters. The van der Waals surface area contributed by atoms with Crippen molar-refractivity contribution in [2.45, 2.75) is 18.9 Å². The van der Waals surface area contributed by atoms with Crippen molar-refractivity contribution < 1.29 is 13.9 Å². The van der Waals surface area contributed by atoms with Gasteiger partial charge in [0.05, 0.1) is 35.4 Å². The Labute approximate surface area is 191 Å². The third-order valence-electron chi connectivity index (χ3n) is 6.17.